The summed E-state index contributed by atoms with van der Waals surface area (Å²) >= 11 is 0. The minimum absolute atomic E-state index is 0.338. The lowest BCUT2D eigenvalue weighted by Crippen LogP contribution is -1.90. The van der Waals surface area contributed by atoms with Gasteiger partial charge in [-0.15, -0.1) is 0 Å². The van der Waals surface area contributed by atoms with Crippen molar-refractivity contribution in [2.45, 2.75) is 6.92 Å². The molecule has 0 saturated heterocycles. The highest BCUT2D eigenvalue weighted by atomic mass is 16.5. The smallest absolute Gasteiger partial charge is 0.145 e. The highest BCUT2D eigenvalue weighted by Gasteiger charge is 2.03. The van der Waals surface area contributed by atoms with Gasteiger partial charge in [0.2, 0.25) is 0 Å². The molecule has 18 heavy (non-hydrogen) atoms. The Morgan fingerprint density at radius 1 is 1.11 bits per heavy atom. The molecule has 0 aliphatic carbocycles. The van der Waals surface area contributed by atoms with Crippen LogP contribution in [-0.2, 0) is 0 Å². The first-order chi connectivity index (χ1) is 8.72. The zero-order chi connectivity index (χ0) is 13.0. The molecule has 0 fully saturated rings. The predicted molar refractivity (Wildman–Crippen MR) is 64.9 cm³/mol. The Hall–Kier alpha value is -2.85. The Morgan fingerprint density at radius 2 is 1.94 bits per heavy atom. The molecule has 0 bridgehead atoms. The summed E-state index contributed by atoms with van der Waals surface area (Å²) in [6.45, 7) is 1.90. The van der Waals surface area contributed by atoms with Gasteiger partial charge in [0.1, 0.15) is 23.3 Å². The molecule has 0 aliphatic rings. The molecule has 0 spiro atoms. The third-order valence-corrected chi connectivity index (χ3v) is 2.40. The van der Waals surface area contributed by atoms with Crippen molar-refractivity contribution in [1.82, 2.24) is 4.98 Å². The van der Waals surface area contributed by atoms with Gasteiger partial charge in [0, 0.05) is 0 Å². The molecule has 4 heteroatoms. The maximum absolute atomic E-state index is 8.83. The lowest BCUT2D eigenvalue weighted by molar-refractivity contribution is 0.476. The summed E-state index contributed by atoms with van der Waals surface area (Å²) in [6.07, 6.45) is 1.48. The number of pyridine rings is 1. The van der Waals surface area contributed by atoms with E-state index in [1.54, 1.807) is 24.3 Å². The molecule has 0 saturated carbocycles. The van der Waals surface area contributed by atoms with E-state index in [2.05, 4.69) is 11.1 Å². The van der Waals surface area contributed by atoms with Crippen LogP contribution in [0.5, 0.6) is 11.5 Å². The van der Waals surface area contributed by atoms with Crippen LogP contribution in [0.25, 0.3) is 0 Å². The van der Waals surface area contributed by atoms with E-state index in [9.17, 15) is 0 Å². The first-order valence-electron chi connectivity index (χ1n) is 5.27. The SMILES string of the molecule is Cc1ccc(C#N)cc1Oc1ccc(C#N)nc1. The Labute approximate surface area is 105 Å². The molecule has 2 aromatic rings. The van der Waals surface area contributed by atoms with Crippen molar-refractivity contribution in [2.24, 2.45) is 0 Å². The van der Waals surface area contributed by atoms with E-state index in [0.29, 0.717) is 22.8 Å². The zero-order valence-corrected chi connectivity index (χ0v) is 9.71. The quantitative estimate of drug-likeness (QED) is 0.802. The molecule has 0 radical (unpaired) electrons. The molecule has 1 aromatic carbocycles. The molecule has 0 aliphatic heterocycles. The molecule has 1 heterocycles. The van der Waals surface area contributed by atoms with Gasteiger partial charge in [-0.3, -0.25) is 0 Å². The van der Waals surface area contributed by atoms with Gasteiger partial charge >= 0.3 is 0 Å². The second-order valence-corrected chi connectivity index (χ2v) is 3.69. The van der Waals surface area contributed by atoms with Crippen LogP contribution in [-0.4, -0.2) is 4.98 Å². The molecule has 2 rings (SSSR count). The van der Waals surface area contributed by atoms with Crippen molar-refractivity contribution < 1.29 is 4.74 Å². The number of nitriles is 2. The minimum Gasteiger partial charge on any atom is -0.455 e. The zero-order valence-electron chi connectivity index (χ0n) is 9.71. The number of ether oxygens (including phenoxy) is 1. The molecule has 0 atom stereocenters. The van der Waals surface area contributed by atoms with Gasteiger partial charge in [-0.2, -0.15) is 10.5 Å². The summed E-state index contributed by atoms with van der Waals surface area (Å²) in [7, 11) is 0. The maximum Gasteiger partial charge on any atom is 0.145 e. The summed E-state index contributed by atoms with van der Waals surface area (Å²) in [5.74, 6) is 1.15. The second kappa shape index (κ2) is 4.99. The average Bonchev–Trinajstić information content (AvgIpc) is 2.42. The van der Waals surface area contributed by atoms with Crippen molar-refractivity contribution in [3.8, 4) is 23.6 Å². The van der Waals surface area contributed by atoms with E-state index < -0.39 is 0 Å². The monoisotopic (exact) mass is 235 g/mol. The van der Waals surface area contributed by atoms with Crippen LogP contribution in [0.1, 0.15) is 16.8 Å². The van der Waals surface area contributed by atoms with Crippen molar-refractivity contribution in [3.05, 3.63) is 53.3 Å². The number of benzene rings is 1. The normalized spacial score (nSPS) is 9.28. The van der Waals surface area contributed by atoms with Gasteiger partial charge in [-0.05, 0) is 36.8 Å². The fourth-order valence-electron chi connectivity index (χ4n) is 1.41. The molecule has 0 unspecified atom stereocenters. The van der Waals surface area contributed by atoms with Crippen LogP contribution < -0.4 is 4.74 Å². The van der Waals surface area contributed by atoms with Gasteiger partial charge in [-0.25, -0.2) is 4.98 Å². The van der Waals surface area contributed by atoms with Gasteiger partial charge < -0.3 is 4.74 Å². The molecule has 0 amide bonds. The lowest BCUT2D eigenvalue weighted by atomic mass is 10.1. The largest absolute Gasteiger partial charge is 0.455 e. The highest BCUT2D eigenvalue weighted by molar-refractivity contribution is 5.44. The van der Waals surface area contributed by atoms with Crippen LogP contribution in [0.15, 0.2) is 36.5 Å². The first-order valence-corrected chi connectivity index (χ1v) is 5.27. The predicted octanol–water partition coefficient (Wildman–Crippen LogP) is 2.93. The minimum atomic E-state index is 0.338. The standard InChI is InChI=1S/C14H9N3O/c1-10-2-3-11(7-15)6-14(10)18-13-5-4-12(8-16)17-9-13/h2-6,9H,1H3. The van der Waals surface area contributed by atoms with Crippen LogP contribution >= 0.6 is 0 Å². The van der Waals surface area contributed by atoms with E-state index in [1.165, 1.54) is 6.20 Å². The molecular formula is C14H9N3O. The fraction of sp³-hybridized carbons (Fsp3) is 0.0714. The Kier molecular flexibility index (Phi) is 3.22. The molecular weight excluding hydrogens is 226 g/mol. The summed E-state index contributed by atoms with van der Waals surface area (Å²) in [4.78, 5) is 3.91. The van der Waals surface area contributed by atoms with Gasteiger partial charge in [0.05, 0.1) is 17.8 Å². The summed E-state index contributed by atoms with van der Waals surface area (Å²) in [5.41, 5.74) is 1.81. The first kappa shape index (κ1) is 11.6. The van der Waals surface area contributed by atoms with E-state index in [4.69, 9.17) is 15.3 Å². The molecule has 4 nitrogen and oxygen atoms in total. The number of hydrogen-bond donors (Lipinski definition) is 0. The van der Waals surface area contributed by atoms with Crippen LogP contribution in [0.3, 0.4) is 0 Å². The third-order valence-electron chi connectivity index (χ3n) is 2.40. The van der Waals surface area contributed by atoms with Crippen molar-refractivity contribution in [1.29, 1.82) is 10.5 Å². The summed E-state index contributed by atoms with van der Waals surface area (Å²) in [6, 6.07) is 12.5. The van der Waals surface area contributed by atoms with E-state index in [1.807, 2.05) is 19.1 Å². The lowest BCUT2D eigenvalue weighted by Gasteiger charge is -2.08. The van der Waals surface area contributed by atoms with E-state index in [0.717, 1.165) is 5.56 Å². The van der Waals surface area contributed by atoms with Gasteiger partial charge in [0.25, 0.3) is 0 Å². The molecule has 0 N–H and O–H groups in total. The summed E-state index contributed by atoms with van der Waals surface area (Å²) in [5, 5.41) is 17.5. The summed E-state index contributed by atoms with van der Waals surface area (Å²) < 4.78 is 5.63. The van der Waals surface area contributed by atoms with Gasteiger partial charge in [-0.1, -0.05) is 6.07 Å². The average molecular weight is 235 g/mol. The van der Waals surface area contributed by atoms with Crippen molar-refractivity contribution in [2.75, 3.05) is 0 Å². The van der Waals surface area contributed by atoms with Crippen LogP contribution in [0.2, 0.25) is 0 Å². The van der Waals surface area contributed by atoms with Crippen molar-refractivity contribution in [3.63, 3.8) is 0 Å². The number of hydrogen-bond acceptors (Lipinski definition) is 4. The van der Waals surface area contributed by atoms with E-state index >= 15 is 0 Å². The number of aromatic nitrogens is 1. The molecule has 1 aromatic heterocycles. The Morgan fingerprint density at radius 3 is 2.56 bits per heavy atom. The van der Waals surface area contributed by atoms with Gasteiger partial charge in [0.15, 0.2) is 0 Å². The topological polar surface area (TPSA) is 69.7 Å². The van der Waals surface area contributed by atoms with Crippen LogP contribution in [0, 0.1) is 29.6 Å². The number of rotatable bonds is 2. The van der Waals surface area contributed by atoms with Crippen molar-refractivity contribution >= 4 is 0 Å². The Balaban J connectivity index is 2.28. The number of nitrogens with zero attached hydrogens (tertiary/aromatic N) is 3. The number of aryl methyl sites for hydroxylation is 1. The fourth-order valence-corrected chi connectivity index (χ4v) is 1.41. The third kappa shape index (κ3) is 2.45. The van der Waals surface area contributed by atoms with Crippen LogP contribution in [0.4, 0.5) is 0 Å². The highest BCUT2D eigenvalue weighted by Crippen LogP contribution is 2.25. The maximum atomic E-state index is 8.83. The van der Waals surface area contributed by atoms with E-state index in [-0.39, 0.29) is 0 Å². The Bertz CT molecular complexity index is 648. The molecule has 86 valence electrons. The second-order valence-electron chi connectivity index (χ2n) is 3.69.